The summed E-state index contributed by atoms with van der Waals surface area (Å²) in [5.74, 6) is 0.492. The number of pyridine rings is 1. The SMILES string of the molecule is Cc1ccc(S(=O)(=O)NCC(CC(C)C)N2CCOCC2)c2cccnc12. The number of fused-ring (bicyclic) bond motifs is 1. The second kappa shape index (κ2) is 8.65. The summed E-state index contributed by atoms with van der Waals surface area (Å²) in [6.45, 7) is 9.77. The van der Waals surface area contributed by atoms with Crippen molar-refractivity contribution in [3.8, 4) is 0 Å². The van der Waals surface area contributed by atoms with Gasteiger partial charge in [-0.3, -0.25) is 9.88 Å². The first-order valence-electron chi connectivity index (χ1n) is 9.54. The number of nitrogens with zero attached hydrogens (tertiary/aromatic N) is 2. The zero-order valence-corrected chi connectivity index (χ0v) is 17.1. The minimum Gasteiger partial charge on any atom is -0.379 e. The number of aromatic nitrogens is 1. The van der Waals surface area contributed by atoms with Crippen LogP contribution in [0.15, 0.2) is 35.4 Å². The van der Waals surface area contributed by atoms with Crippen LogP contribution in [0.1, 0.15) is 25.8 Å². The highest BCUT2D eigenvalue weighted by molar-refractivity contribution is 7.89. The number of hydrogen-bond donors (Lipinski definition) is 1. The average molecular weight is 392 g/mol. The van der Waals surface area contributed by atoms with Crippen LogP contribution >= 0.6 is 0 Å². The Morgan fingerprint density at radius 3 is 2.67 bits per heavy atom. The van der Waals surface area contributed by atoms with E-state index in [1.165, 1.54) is 0 Å². The Labute approximate surface area is 162 Å². The lowest BCUT2D eigenvalue weighted by molar-refractivity contribution is 0.0134. The van der Waals surface area contributed by atoms with Gasteiger partial charge in [0.25, 0.3) is 0 Å². The number of aryl methyl sites for hydroxylation is 1. The Hall–Kier alpha value is -1.54. The highest BCUT2D eigenvalue weighted by Crippen LogP contribution is 2.24. The van der Waals surface area contributed by atoms with Crippen LogP contribution in [-0.4, -0.2) is 57.2 Å². The third-order valence-electron chi connectivity index (χ3n) is 5.04. The fourth-order valence-electron chi connectivity index (χ4n) is 3.65. The second-order valence-corrected chi connectivity index (χ2v) is 9.30. The maximum absolute atomic E-state index is 13.0. The zero-order chi connectivity index (χ0) is 19.4. The minimum absolute atomic E-state index is 0.165. The summed E-state index contributed by atoms with van der Waals surface area (Å²) in [5.41, 5.74) is 1.70. The van der Waals surface area contributed by atoms with E-state index in [0.717, 1.165) is 30.6 Å². The van der Waals surface area contributed by atoms with Gasteiger partial charge in [0, 0.05) is 37.3 Å². The van der Waals surface area contributed by atoms with Crippen molar-refractivity contribution in [2.24, 2.45) is 5.92 Å². The van der Waals surface area contributed by atoms with E-state index in [2.05, 4.69) is 28.5 Å². The van der Waals surface area contributed by atoms with Gasteiger partial charge < -0.3 is 4.74 Å². The smallest absolute Gasteiger partial charge is 0.241 e. The largest absolute Gasteiger partial charge is 0.379 e. The van der Waals surface area contributed by atoms with Crippen LogP contribution in [0.5, 0.6) is 0 Å². The zero-order valence-electron chi connectivity index (χ0n) is 16.3. The summed E-state index contributed by atoms with van der Waals surface area (Å²) >= 11 is 0. The van der Waals surface area contributed by atoms with Crippen LogP contribution in [0.4, 0.5) is 0 Å². The predicted molar refractivity (Wildman–Crippen MR) is 107 cm³/mol. The van der Waals surface area contributed by atoms with Gasteiger partial charge in [0.1, 0.15) is 0 Å². The molecule has 0 aliphatic carbocycles. The molecule has 0 radical (unpaired) electrons. The topological polar surface area (TPSA) is 71.5 Å². The van der Waals surface area contributed by atoms with Crippen molar-refractivity contribution in [1.29, 1.82) is 0 Å². The maximum atomic E-state index is 13.0. The molecule has 0 spiro atoms. The Kier molecular flexibility index (Phi) is 6.47. The number of nitrogens with one attached hydrogen (secondary N) is 1. The summed E-state index contributed by atoms with van der Waals surface area (Å²) in [6, 6.07) is 7.25. The van der Waals surface area contributed by atoms with Gasteiger partial charge >= 0.3 is 0 Å². The number of rotatable bonds is 7. The monoisotopic (exact) mass is 391 g/mol. The van der Waals surface area contributed by atoms with Gasteiger partial charge in [0.05, 0.1) is 23.6 Å². The van der Waals surface area contributed by atoms with Crippen LogP contribution in [0, 0.1) is 12.8 Å². The Morgan fingerprint density at radius 2 is 1.96 bits per heavy atom. The molecular formula is C20H29N3O3S. The first kappa shape index (κ1) is 20.2. The van der Waals surface area contributed by atoms with Crippen molar-refractivity contribution in [2.45, 2.75) is 38.1 Å². The fraction of sp³-hybridized carbons (Fsp3) is 0.550. The van der Waals surface area contributed by atoms with E-state index in [-0.39, 0.29) is 6.04 Å². The molecule has 1 atom stereocenters. The molecule has 1 N–H and O–H groups in total. The van der Waals surface area contributed by atoms with Gasteiger partial charge in [-0.15, -0.1) is 0 Å². The van der Waals surface area contributed by atoms with Crippen molar-refractivity contribution in [2.75, 3.05) is 32.8 Å². The third kappa shape index (κ3) is 4.85. The van der Waals surface area contributed by atoms with Gasteiger partial charge in [-0.25, -0.2) is 13.1 Å². The summed E-state index contributed by atoms with van der Waals surface area (Å²) in [7, 11) is -3.62. The van der Waals surface area contributed by atoms with Crippen molar-refractivity contribution in [3.05, 3.63) is 36.0 Å². The van der Waals surface area contributed by atoms with Crippen LogP contribution < -0.4 is 4.72 Å². The van der Waals surface area contributed by atoms with Crippen molar-refractivity contribution >= 4 is 20.9 Å². The van der Waals surface area contributed by atoms with Crippen LogP contribution in [-0.2, 0) is 14.8 Å². The lowest BCUT2D eigenvalue weighted by Gasteiger charge is -2.35. The van der Waals surface area contributed by atoms with Crippen LogP contribution in [0.2, 0.25) is 0 Å². The lowest BCUT2D eigenvalue weighted by atomic mass is 10.0. The molecular weight excluding hydrogens is 362 g/mol. The molecule has 0 amide bonds. The van der Waals surface area contributed by atoms with E-state index in [1.54, 1.807) is 18.3 Å². The molecule has 1 saturated heterocycles. The van der Waals surface area contributed by atoms with Gasteiger partial charge in [-0.2, -0.15) is 0 Å². The van der Waals surface area contributed by atoms with Gasteiger partial charge in [-0.1, -0.05) is 19.9 Å². The van der Waals surface area contributed by atoms with E-state index in [0.29, 0.717) is 36.0 Å². The summed E-state index contributed by atoms with van der Waals surface area (Å²) in [6.07, 6.45) is 2.63. The van der Waals surface area contributed by atoms with E-state index in [1.807, 2.05) is 19.1 Å². The number of morpholine rings is 1. The van der Waals surface area contributed by atoms with Crippen LogP contribution in [0.25, 0.3) is 10.9 Å². The molecule has 6 nitrogen and oxygen atoms in total. The van der Waals surface area contributed by atoms with Gasteiger partial charge in [0.15, 0.2) is 0 Å². The molecule has 1 aliphatic heterocycles. The summed E-state index contributed by atoms with van der Waals surface area (Å²) in [5, 5.41) is 0.664. The van der Waals surface area contributed by atoms with Crippen LogP contribution in [0.3, 0.4) is 0 Å². The Morgan fingerprint density at radius 1 is 1.22 bits per heavy atom. The Bertz CT molecular complexity index is 877. The van der Waals surface area contributed by atoms with Gasteiger partial charge in [0.2, 0.25) is 10.0 Å². The molecule has 0 bridgehead atoms. The van der Waals surface area contributed by atoms with E-state index in [9.17, 15) is 8.42 Å². The first-order chi connectivity index (χ1) is 12.9. The van der Waals surface area contributed by atoms with Crippen molar-refractivity contribution in [1.82, 2.24) is 14.6 Å². The number of hydrogen-bond acceptors (Lipinski definition) is 5. The molecule has 7 heteroatoms. The molecule has 0 saturated carbocycles. The second-order valence-electron chi connectivity index (χ2n) is 7.56. The quantitative estimate of drug-likeness (QED) is 0.785. The lowest BCUT2D eigenvalue weighted by Crippen LogP contribution is -2.49. The molecule has 3 rings (SSSR count). The van der Waals surface area contributed by atoms with Gasteiger partial charge in [-0.05, 0) is 43.0 Å². The van der Waals surface area contributed by atoms with E-state index in [4.69, 9.17) is 4.74 Å². The molecule has 2 aromatic rings. The average Bonchev–Trinajstić information content (AvgIpc) is 2.66. The molecule has 1 aromatic heterocycles. The third-order valence-corrected chi connectivity index (χ3v) is 6.52. The fourth-order valence-corrected chi connectivity index (χ4v) is 4.92. The maximum Gasteiger partial charge on any atom is 0.241 e. The van der Waals surface area contributed by atoms with Crippen molar-refractivity contribution in [3.63, 3.8) is 0 Å². The highest BCUT2D eigenvalue weighted by atomic mass is 32.2. The predicted octanol–water partition coefficient (Wildman–Crippen LogP) is 2.57. The molecule has 1 aliphatic rings. The molecule has 1 aromatic carbocycles. The van der Waals surface area contributed by atoms with E-state index < -0.39 is 10.0 Å². The minimum atomic E-state index is -3.62. The van der Waals surface area contributed by atoms with Crippen molar-refractivity contribution < 1.29 is 13.2 Å². The molecule has 148 valence electrons. The number of benzene rings is 1. The standard InChI is InChI=1S/C20H29N3O3S/c1-15(2)13-17(23-9-11-26-12-10-23)14-22-27(24,25)19-7-6-16(3)20-18(19)5-4-8-21-20/h4-8,15,17,22H,9-14H2,1-3H3. The Balaban J connectivity index is 1.82. The molecule has 1 fully saturated rings. The number of sulfonamides is 1. The summed E-state index contributed by atoms with van der Waals surface area (Å²) in [4.78, 5) is 6.98. The highest BCUT2D eigenvalue weighted by Gasteiger charge is 2.25. The molecule has 1 unspecified atom stereocenters. The van der Waals surface area contributed by atoms with E-state index >= 15 is 0 Å². The normalized spacial score (nSPS) is 17.5. The molecule has 2 heterocycles. The summed E-state index contributed by atoms with van der Waals surface area (Å²) < 4.78 is 34.4. The number of ether oxygens (including phenoxy) is 1. The molecule has 27 heavy (non-hydrogen) atoms. The first-order valence-corrected chi connectivity index (χ1v) is 11.0.